The molecular weight excluding hydrogens is 397 g/mol. The maximum Gasteiger partial charge on any atom is 0.329 e. The molecule has 0 bridgehead atoms. The van der Waals surface area contributed by atoms with Crippen molar-refractivity contribution in [1.82, 2.24) is 10.3 Å². The number of rotatable bonds is 5. The van der Waals surface area contributed by atoms with Crippen LogP contribution in [-0.2, 0) is 27.2 Å². The van der Waals surface area contributed by atoms with Crippen LogP contribution in [0.2, 0.25) is 5.02 Å². The minimum atomic E-state index is -0.908. The number of hydrogen-bond donors (Lipinski definition) is 2. The maximum absolute atomic E-state index is 13.2. The molecule has 1 amide bonds. The number of halogens is 2. The van der Waals surface area contributed by atoms with Gasteiger partial charge in [-0.1, -0.05) is 23.7 Å². The van der Waals surface area contributed by atoms with Gasteiger partial charge in [-0.15, -0.1) is 0 Å². The van der Waals surface area contributed by atoms with Gasteiger partial charge in [0.25, 0.3) is 0 Å². The normalized spacial score (nSPS) is 16.5. The Kier molecular flexibility index (Phi) is 6.07. The van der Waals surface area contributed by atoms with Gasteiger partial charge in [0, 0.05) is 19.0 Å². The third kappa shape index (κ3) is 5.67. The van der Waals surface area contributed by atoms with Crippen LogP contribution in [0.15, 0.2) is 36.5 Å². The van der Waals surface area contributed by atoms with E-state index >= 15 is 0 Å². The summed E-state index contributed by atoms with van der Waals surface area (Å²) in [7, 11) is 0. The molecule has 29 heavy (non-hydrogen) atoms. The van der Waals surface area contributed by atoms with E-state index in [1.54, 1.807) is 39.0 Å². The Morgan fingerprint density at radius 2 is 2.03 bits per heavy atom. The number of fused-ring (bicyclic) bond motifs is 1. The van der Waals surface area contributed by atoms with Crippen LogP contribution in [0.4, 0.5) is 10.2 Å². The lowest BCUT2D eigenvalue weighted by molar-refractivity contribution is -0.158. The van der Waals surface area contributed by atoms with E-state index in [0.29, 0.717) is 22.8 Å². The minimum Gasteiger partial charge on any atom is -0.458 e. The summed E-state index contributed by atoms with van der Waals surface area (Å²) < 4.78 is 18.7. The van der Waals surface area contributed by atoms with Gasteiger partial charge in [0.05, 0.1) is 5.02 Å². The van der Waals surface area contributed by atoms with Crippen LogP contribution in [0.1, 0.15) is 31.9 Å². The molecule has 0 saturated carbocycles. The molecule has 3 rings (SSSR count). The summed E-state index contributed by atoms with van der Waals surface area (Å²) in [5.41, 5.74) is 0.842. The van der Waals surface area contributed by atoms with E-state index in [9.17, 15) is 14.0 Å². The first kappa shape index (κ1) is 21.0. The molecule has 1 unspecified atom stereocenters. The number of amides is 1. The summed E-state index contributed by atoms with van der Waals surface area (Å²) in [5.74, 6) is -0.670. The van der Waals surface area contributed by atoms with Crippen molar-refractivity contribution in [1.29, 1.82) is 0 Å². The van der Waals surface area contributed by atoms with Crippen LogP contribution in [0.5, 0.6) is 0 Å². The molecule has 2 atom stereocenters. The number of nitrogens with one attached hydrogen (secondary N) is 2. The molecule has 0 spiro atoms. The van der Waals surface area contributed by atoms with Crippen molar-refractivity contribution in [3.63, 3.8) is 0 Å². The Morgan fingerprint density at radius 3 is 2.69 bits per heavy atom. The number of carbonyl (C=O) groups is 2. The molecular formula is C21H23ClFN3O3. The van der Waals surface area contributed by atoms with Gasteiger partial charge in [-0.3, -0.25) is 4.79 Å². The maximum atomic E-state index is 13.2. The van der Waals surface area contributed by atoms with Crippen molar-refractivity contribution in [3.05, 3.63) is 58.5 Å². The molecule has 1 aliphatic rings. The zero-order valence-electron chi connectivity index (χ0n) is 16.5. The smallest absolute Gasteiger partial charge is 0.329 e. The van der Waals surface area contributed by atoms with E-state index in [1.807, 2.05) is 0 Å². The van der Waals surface area contributed by atoms with Gasteiger partial charge in [-0.05, 0) is 50.1 Å². The number of ether oxygens (including phenoxy) is 1. The number of nitrogens with zero attached hydrogens (tertiary/aromatic N) is 1. The number of esters is 1. The first-order valence-electron chi connectivity index (χ1n) is 9.29. The molecule has 1 aromatic carbocycles. The minimum absolute atomic E-state index is 0.185. The number of anilines is 1. The molecule has 0 saturated heterocycles. The molecule has 0 aliphatic carbocycles. The Bertz CT molecular complexity index is 912. The molecule has 0 fully saturated rings. The third-order valence-corrected chi connectivity index (χ3v) is 4.55. The number of pyridine rings is 1. The lowest BCUT2D eigenvalue weighted by Crippen LogP contribution is -2.50. The summed E-state index contributed by atoms with van der Waals surface area (Å²) >= 11 is 5.96. The number of hydrogen-bond acceptors (Lipinski definition) is 5. The first-order valence-corrected chi connectivity index (χ1v) is 9.67. The zero-order chi connectivity index (χ0) is 21.2. The Balaban J connectivity index is 1.72. The van der Waals surface area contributed by atoms with Crippen LogP contribution >= 0.6 is 11.6 Å². The second-order valence-electron chi connectivity index (χ2n) is 7.99. The van der Waals surface area contributed by atoms with Crippen LogP contribution < -0.4 is 10.6 Å². The summed E-state index contributed by atoms with van der Waals surface area (Å²) in [6, 6.07) is 6.06. The summed E-state index contributed by atoms with van der Waals surface area (Å²) in [5, 5.41) is 6.30. The number of aromatic nitrogens is 1. The largest absolute Gasteiger partial charge is 0.458 e. The molecule has 1 aromatic heterocycles. The molecule has 2 N–H and O–H groups in total. The standard InChI is InChI=1S/C21H23ClFN3O3/c1-21(2,3)29-20(28)17(8-12-4-6-15(23)7-5-12)26-19(27)16-10-13-9-14(22)11-24-18(13)25-16/h4-7,9,11,16-17H,8,10H2,1-3H3,(H,24,25)(H,26,27)/t16?,17-/m0/s1. The Labute approximate surface area is 173 Å². The summed E-state index contributed by atoms with van der Waals surface area (Å²) in [6.07, 6.45) is 2.10. The fourth-order valence-corrected chi connectivity index (χ4v) is 3.24. The predicted octanol–water partition coefficient (Wildman–Crippen LogP) is 3.28. The van der Waals surface area contributed by atoms with Gasteiger partial charge in [-0.2, -0.15) is 0 Å². The SMILES string of the molecule is CC(C)(C)OC(=O)[C@H](Cc1ccc(F)cc1)NC(=O)C1Cc2cc(Cl)cnc2N1. The highest BCUT2D eigenvalue weighted by atomic mass is 35.5. The molecule has 8 heteroatoms. The molecule has 154 valence electrons. The van der Waals surface area contributed by atoms with Gasteiger partial charge in [0.1, 0.15) is 29.3 Å². The lowest BCUT2D eigenvalue weighted by atomic mass is 10.0. The van der Waals surface area contributed by atoms with Gasteiger partial charge >= 0.3 is 5.97 Å². The van der Waals surface area contributed by atoms with Gasteiger partial charge < -0.3 is 15.4 Å². The second kappa shape index (κ2) is 8.37. The van der Waals surface area contributed by atoms with Crippen LogP contribution in [0.25, 0.3) is 0 Å². The monoisotopic (exact) mass is 419 g/mol. The lowest BCUT2D eigenvalue weighted by Gasteiger charge is -2.25. The van der Waals surface area contributed by atoms with E-state index in [4.69, 9.17) is 16.3 Å². The van der Waals surface area contributed by atoms with Crippen LogP contribution in [0.3, 0.4) is 0 Å². The van der Waals surface area contributed by atoms with Gasteiger partial charge in [-0.25, -0.2) is 14.2 Å². The van der Waals surface area contributed by atoms with Crippen molar-refractivity contribution in [2.24, 2.45) is 0 Å². The van der Waals surface area contributed by atoms with E-state index in [1.165, 1.54) is 18.3 Å². The first-order chi connectivity index (χ1) is 13.6. The van der Waals surface area contributed by atoms with Crippen molar-refractivity contribution in [2.75, 3.05) is 5.32 Å². The molecule has 1 aliphatic heterocycles. The quantitative estimate of drug-likeness (QED) is 0.727. The Hall–Kier alpha value is -2.67. The average Bonchev–Trinajstić information content (AvgIpc) is 3.04. The van der Waals surface area contributed by atoms with Gasteiger partial charge in [0.15, 0.2) is 0 Å². The van der Waals surface area contributed by atoms with Crippen molar-refractivity contribution in [3.8, 4) is 0 Å². The molecule has 2 heterocycles. The van der Waals surface area contributed by atoms with Crippen molar-refractivity contribution in [2.45, 2.75) is 51.3 Å². The Morgan fingerprint density at radius 1 is 1.34 bits per heavy atom. The van der Waals surface area contributed by atoms with Crippen LogP contribution in [0, 0.1) is 5.82 Å². The third-order valence-electron chi connectivity index (χ3n) is 4.35. The summed E-state index contributed by atoms with van der Waals surface area (Å²) in [6.45, 7) is 5.27. The number of benzene rings is 1. The highest BCUT2D eigenvalue weighted by molar-refractivity contribution is 6.30. The fourth-order valence-electron chi connectivity index (χ4n) is 3.06. The van der Waals surface area contributed by atoms with Crippen molar-refractivity contribution >= 4 is 29.3 Å². The molecule has 0 radical (unpaired) electrons. The summed E-state index contributed by atoms with van der Waals surface area (Å²) in [4.78, 5) is 29.7. The number of carbonyl (C=O) groups excluding carboxylic acids is 2. The van der Waals surface area contributed by atoms with Gasteiger partial charge in [0.2, 0.25) is 5.91 Å². The second-order valence-corrected chi connectivity index (χ2v) is 8.42. The van der Waals surface area contributed by atoms with Crippen LogP contribution in [-0.4, -0.2) is 34.5 Å². The highest BCUT2D eigenvalue weighted by Gasteiger charge is 2.32. The topological polar surface area (TPSA) is 80.3 Å². The molecule has 2 aromatic rings. The van der Waals surface area contributed by atoms with E-state index in [2.05, 4.69) is 15.6 Å². The zero-order valence-corrected chi connectivity index (χ0v) is 17.2. The van der Waals surface area contributed by atoms with Crippen molar-refractivity contribution < 1.29 is 18.7 Å². The van der Waals surface area contributed by atoms with E-state index < -0.39 is 23.7 Å². The predicted molar refractivity (Wildman–Crippen MR) is 108 cm³/mol. The molecule has 6 nitrogen and oxygen atoms in total. The van der Waals surface area contributed by atoms with E-state index in [0.717, 1.165) is 5.56 Å². The average molecular weight is 420 g/mol. The van der Waals surface area contributed by atoms with E-state index in [-0.39, 0.29) is 18.1 Å². The fraction of sp³-hybridized carbons (Fsp3) is 0.381. The highest BCUT2D eigenvalue weighted by Crippen LogP contribution is 2.26.